The Morgan fingerprint density at radius 3 is 2.31 bits per heavy atom. The Morgan fingerprint density at radius 2 is 2.00 bits per heavy atom. The van der Waals surface area contributed by atoms with Gasteiger partial charge in [-0.1, -0.05) is 13.8 Å². The third-order valence-electron chi connectivity index (χ3n) is 1.55. The summed E-state index contributed by atoms with van der Waals surface area (Å²) in [5.41, 5.74) is 0. The van der Waals surface area contributed by atoms with Gasteiger partial charge in [0.1, 0.15) is 0 Å². The Morgan fingerprint density at radius 1 is 1.46 bits per heavy atom. The van der Waals surface area contributed by atoms with Crippen LogP contribution >= 0.6 is 0 Å². The van der Waals surface area contributed by atoms with Gasteiger partial charge < -0.3 is 5.32 Å². The van der Waals surface area contributed by atoms with Crippen LogP contribution in [0.3, 0.4) is 0 Å². The van der Waals surface area contributed by atoms with E-state index in [2.05, 4.69) is 9.50 Å². The second-order valence-corrected chi connectivity index (χ2v) is 4.77. The lowest BCUT2D eigenvalue weighted by atomic mass is 10.1. The molecule has 0 spiro atoms. The summed E-state index contributed by atoms with van der Waals surface area (Å²) in [6.45, 7) is 3.72. The van der Waals surface area contributed by atoms with Crippen molar-refractivity contribution >= 4 is 16.5 Å². The van der Waals surface area contributed by atoms with Crippen molar-refractivity contribution in [3.63, 3.8) is 0 Å². The Bertz CT molecular complexity index is 247. The molecule has 0 aromatic carbocycles. The molecule has 0 heterocycles. The van der Waals surface area contributed by atoms with Crippen molar-refractivity contribution in [1.29, 1.82) is 0 Å². The lowest BCUT2D eigenvalue weighted by molar-refractivity contribution is -0.110. The number of amides is 1. The van der Waals surface area contributed by atoms with Crippen LogP contribution in [0, 0.1) is 5.92 Å². The van der Waals surface area contributed by atoms with Crippen molar-refractivity contribution in [2.75, 3.05) is 12.9 Å². The molecular formula is C7H15NO4S. The Labute approximate surface area is 78.6 Å². The smallest absolute Gasteiger partial charge is 0.264 e. The van der Waals surface area contributed by atoms with Crippen molar-refractivity contribution in [3.8, 4) is 0 Å². The van der Waals surface area contributed by atoms with Gasteiger partial charge in [-0.25, -0.2) is 0 Å². The summed E-state index contributed by atoms with van der Waals surface area (Å²) in [7, 11) is -3.43. The molecule has 0 saturated heterocycles. The molecule has 1 N–H and O–H groups in total. The van der Waals surface area contributed by atoms with Crippen LogP contribution in [-0.4, -0.2) is 33.7 Å². The molecule has 0 radical (unpaired) electrons. The Kier molecular flexibility index (Phi) is 4.94. The number of carbonyl (C=O) groups is 1. The quantitative estimate of drug-likeness (QED) is 0.483. The van der Waals surface area contributed by atoms with E-state index in [1.54, 1.807) is 0 Å². The molecule has 1 atom stereocenters. The molecule has 0 bridgehead atoms. The van der Waals surface area contributed by atoms with Gasteiger partial charge in [0.15, 0.2) is 0 Å². The molecule has 0 fully saturated rings. The highest BCUT2D eigenvalue weighted by Crippen LogP contribution is 2.02. The second-order valence-electron chi connectivity index (χ2n) is 3.12. The first-order valence-corrected chi connectivity index (χ1v) is 5.72. The van der Waals surface area contributed by atoms with Crippen molar-refractivity contribution in [2.45, 2.75) is 19.9 Å². The van der Waals surface area contributed by atoms with Crippen LogP contribution in [-0.2, 0) is 19.1 Å². The molecule has 0 aliphatic carbocycles. The molecule has 0 aromatic heterocycles. The summed E-state index contributed by atoms with van der Waals surface area (Å²) in [4.78, 5) is 10.1. The third-order valence-corrected chi connectivity index (χ3v) is 2.11. The van der Waals surface area contributed by atoms with Gasteiger partial charge in [0.2, 0.25) is 6.41 Å². The van der Waals surface area contributed by atoms with Crippen LogP contribution in [0.1, 0.15) is 13.8 Å². The van der Waals surface area contributed by atoms with E-state index in [0.29, 0.717) is 6.41 Å². The van der Waals surface area contributed by atoms with Gasteiger partial charge in [-0.3, -0.25) is 8.98 Å². The summed E-state index contributed by atoms with van der Waals surface area (Å²) in [6, 6.07) is -0.271. The van der Waals surface area contributed by atoms with Gasteiger partial charge in [-0.15, -0.1) is 0 Å². The van der Waals surface area contributed by atoms with Gasteiger partial charge in [-0.2, -0.15) is 8.42 Å². The Hall–Kier alpha value is -0.620. The van der Waals surface area contributed by atoms with Gasteiger partial charge in [0.25, 0.3) is 10.1 Å². The van der Waals surface area contributed by atoms with Gasteiger partial charge in [-0.05, 0) is 5.92 Å². The van der Waals surface area contributed by atoms with Crippen LogP contribution in [0.25, 0.3) is 0 Å². The van der Waals surface area contributed by atoms with Gasteiger partial charge in [0, 0.05) is 0 Å². The molecule has 13 heavy (non-hydrogen) atoms. The molecule has 0 aromatic rings. The summed E-state index contributed by atoms with van der Waals surface area (Å²) in [5, 5.41) is 2.48. The molecule has 1 unspecified atom stereocenters. The van der Waals surface area contributed by atoms with Crippen molar-refractivity contribution < 1.29 is 17.4 Å². The maximum atomic E-state index is 10.6. The van der Waals surface area contributed by atoms with E-state index in [1.165, 1.54) is 0 Å². The summed E-state index contributed by atoms with van der Waals surface area (Å²) >= 11 is 0. The molecule has 6 heteroatoms. The predicted octanol–water partition coefficient (Wildman–Crippen LogP) is -0.267. The SMILES string of the molecule is CC(C)C(COS(C)(=O)=O)NC=O. The minimum Gasteiger partial charge on any atom is -0.353 e. The maximum absolute atomic E-state index is 10.6. The van der Waals surface area contributed by atoms with Crippen molar-refractivity contribution in [3.05, 3.63) is 0 Å². The van der Waals surface area contributed by atoms with E-state index in [4.69, 9.17) is 0 Å². The number of hydrogen-bond donors (Lipinski definition) is 1. The van der Waals surface area contributed by atoms with E-state index in [1.807, 2.05) is 13.8 Å². The van der Waals surface area contributed by atoms with E-state index >= 15 is 0 Å². The zero-order valence-electron chi connectivity index (χ0n) is 7.98. The standard InChI is InChI=1S/C7H15NO4S/c1-6(2)7(8-5-9)4-12-13(3,10)11/h5-7H,4H2,1-3H3,(H,8,9). The van der Waals surface area contributed by atoms with E-state index in [9.17, 15) is 13.2 Å². The normalized spacial score (nSPS) is 14.2. The maximum Gasteiger partial charge on any atom is 0.264 e. The molecule has 0 aliphatic rings. The number of nitrogens with one attached hydrogen (secondary N) is 1. The highest BCUT2D eigenvalue weighted by atomic mass is 32.2. The van der Waals surface area contributed by atoms with Gasteiger partial charge in [0.05, 0.1) is 18.9 Å². The van der Waals surface area contributed by atoms with E-state index in [-0.39, 0.29) is 18.6 Å². The molecule has 0 rings (SSSR count). The molecule has 5 nitrogen and oxygen atoms in total. The average Bonchev–Trinajstić information content (AvgIpc) is 1.95. The first kappa shape index (κ1) is 12.4. The first-order valence-electron chi connectivity index (χ1n) is 3.91. The molecule has 0 saturated carbocycles. The molecule has 1 amide bonds. The zero-order chi connectivity index (χ0) is 10.5. The van der Waals surface area contributed by atoms with Crippen molar-refractivity contribution in [2.24, 2.45) is 5.92 Å². The monoisotopic (exact) mass is 209 g/mol. The predicted molar refractivity (Wildman–Crippen MR) is 48.6 cm³/mol. The summed E-state index contributed by atoms with van der Waals surface area (Å²) in [5.74, 6) is 0.131. The highest BCUT2D eigenvalue weighted by Gasteiger charge is 2.14. The fourth-order valence-electron chi connectivity index (χ4n) is 0.717. The fraction of sp³-hybridized carbons (Fsp3) is 0.857. The van der Waals surface area contributed by atoms with E-state index in [0.717, 1.165) is 6.26 Å². The van der Waals surface area contributed by atoms with Gasteiger partial charge >= 0.3 is 0 Å². The van der Waals surface area contributed by atoms with Crippen LogP contribution in [0.5, 0.6) is 0 Å². The minimum absolute atomic E-state index is 0.0186. The van der Waals surface area contributed by atoms with E-state index < -0.39 is 10.1 Å². The largest absolute Gasteiger partial charge is 0.353 e. The second kappa shape index (κ2) is 5.18. The topological polar surface area (TPSA) is 72.5 Å². The third kappa shape index (κ3) is 6.53. The number of rotatable bonds is 6. The molecular weight excluding hydrogens is 194 g/mol. The molecule has 78 valence electrons. The number of hydrogen-bond acceptors (Lipinski definition) is 4. The lowest BCUT2D eigenvalue weighted by Gasteiger charge is -2.18. The number of carbonyl (C=O) groups excluding carboxylic acids is 1. The summed E-state index contributed by atoms with van der Waals surface area (Å²) in [6.07, 6.45) is 1.52. The average molecular weight is 209 g/mol. The zero-order valence-corrected chi connectivity index (χ0v) is 8.80. The van der Waals surface area contributed by atoms with Crippen LogP contribution in [0.2, 0.25) is 0 Å². The first-order chi connectivity index (χ1) is 5.87. The van der Waals surface area contributed by atoms with Crippen LogP contribution in [0.4, 0.5) is 0 Å². The molecule has 0 aliphatic heterocycles. The van der Waals surface area contributed by atoms with Crippen LogP contribution < -0.4 is 5.32 Å². The summed E-state index contributed by atoms with van der Waals surface area (Å²) < 4.78 is 25.8. The minimum atomic E-state index is -3.43. The Balaban J connectivity index is 4.04. The fourth-order valence-corrected chi connectivity index (χ4v) is 1.11. The van der Waals surface area contributed by atoms with Crippen molar-refractivity contribution in [1.82, 2.24) is 5.32 Å². The van der Waals surface area contributed by atoms with Crippen LogP contribution in [0.15, 0.2) is 0 Å². The highest BCUT2D eigenvalue weighted by molar-refractivity contribution is 7.85. The lowest BCUT2D eigenvalue weighted by Crippen LogP contribution is -2.37.